The van der Waals surface area contributed by atoms with Crippen molar-refractivity contribution in [3.63, 3.8) is 0 Å². The van der Waals surface area contributed by atoms with Gasteiger partial charge in [0, 0.05) is 5.02 Å². The Kier molecular flexibility index (Phi) is 5.93. The lowest BCUT2D eigenvalue weighted by Crippen LogP contribution is -2.48. The number of rotatable bonds is 4. The fourth-order valence-corrected chi connectivity index (χ4v) is 2.27. The summed E-state index contributed by atoms with van der Waals surface area (Å²) in [5.41, 5.74) is 0.222. The van der Waals surface area contributed by atoms with Crippen LogP contribution < -0.4 is 10.6 Å². The minimum atomic E-state index is -0.435. The Balaban J connectivity index is 2.81. The molecule has 0 bridgehead atoms. The zero-order valence-corrected chi connectivity index (χ0v) is 13.2. The molecule has 0 aliphatic carbocycles. The number of terminal acetylenes is 1. The predicted molar refractivity (Wildman–Crippen MR) is 88.0 cm³/mol. The van der Waals surface area contributed by atoms with Gasteiger partial charge in [-0.2, -0.15) is 0 Å². The first kappa shape index (κ1) is 16.1. The third kappa shape index (κ3) is 4.28. The van der Waals surface area contributed by atoms with Crippen molar-refractivity contribution in [1.29, 1.82) is 0 Å². The van der Waals surface area contributed by atoms with Crippen LogP contribution in [0.4, 0.5) is 5.69 Å². The van der Waals surface area contributed by atoms with E-state index in [0.717, 1.165) is 12.8 Å². The molecule has 0 fully saturated rings. The molecule has 0 atom stereocenters. The Hall–Kier alpha value is -0.950. The molecule has 0 aliphatic heterocycles. The molecule has 0 spiro atoms. The second kappa shape index (κ2) is 7.00. The van der Waals surface area contributed by atoms with Gasteiger partial charge in [0.05, 0.1) is 16.2 Å². The van der Waals surface area contributed by atoms with E-state index in [0.29, 0.717) is 20.8 Å². The standard InChI is InChI=1S/C14H16Cl2N2S/c1-4-14(5-2,6-3)18-13(19)17-12-9-10(15)7-8-11(12)16/h1,7-9H,5-6H2,2-3H3,(H2,17,18,19). The van der Waals surface area contributed by atoms with Gasteiger partial charge in [0.25, 0.3) is 0 Å². The van der Waals surface area contributed by atoms with Gasteiger partial charge in [-0.05, 0) is 43.3 Å². The summed E-state index contributed by atoms with van der Waals surface area (Å²) in [4.78, 5) is 0. The van der Waals surface area contributed by atoms with Gasteiger partial charge in [-0.25, -0.2) is 0 Å². The number of hydrogen-bond acceptors (Lipinski definition) is 1. The molecule has 0 saturated heterocycles. The minimum absolute atomic E-state index is 0.435. The second-order valence-corrected chi connectivity index (χ2v) is 5.39. The number of halogens is 2. The monoisotopic (exact) mass is 314 g/mol. The molecular weight excluding hydrogens is 299 g/mol. The number of thiocarbonyl (C=S) groups is 1. The van der Waals surface area contributed by atoms with Crippen LogP contribution >= 0.6 is 35.4 Å². The highest BCUT2D eigenvalue weighted by atomic mass is 35.5. The molecular formula is C14H16Cl2N2S. The molecule has 0 amide bonds. The average Bonchev–Trinajstić information content (AvgIpc) is 2.40. The molecule has 19 heavy (non-hydrogen) atoms. The number of benzene rings is 1. The van der Waals surface area contributed by atoms with Crippen molar-refractivity contribution in [2.24, 2.45) is 0 Å². The Bertz CT molecular complexity index is 505. The van der Waals surface area contributed by atoms with Gasteiger partial charge in [0.15, 0.2) is 5.11 Å². The quantitative estimate of drug-likeness (QED) is 0.633. The highest BCUT2D eigenvalue weighted by molar-refractivity contribution is 7.80. The maximum Gasteiger partial charge on any atom is 0.172 e. The van der Waals surface area contributed by atoms with Gasteiger partial charge in [-0.3, -0.25) is 0 Å². The van der Waals surface area contributed by atoms with Crippen molar-refractivity contribution in [2.75, 3.05) is 5.32 Å². The summed E-state index contributed by atoms with van der Waals surface area (Å²) < 4.78 is 0. The van der Waals surface area contributed by atoms with Crippen LogP contribution in [0.1, 0.15) is 26.7 Å². The lowest BCUT2D eigenvalue weighted by molar-refractivity contribution is 0.461. The Morgan fingerprint density at radius 3 is 2.53 bits per heavy atom. The Morgan fingerprint density at radius 1 is 1.37 bits per heavy atom. The summed E-state index contributed by atoms with van der Waals surface area (Å²) in [5, 5.41) is 7.75. The van der Waals surface area contributed by atoms with E-state index in [-0.39, 0.29) is 0 Å². The lowest BCUT2D eigenvalue weighted by atomic mass is 9.94. The largest absolute Gasteiger partial charge is 0.346 e. The maximum atomic E-state index is 6.06. The maximum absolute atomic E-state index is 6.06. The molecule has 0 aromatic heterocycles. The first-order chi connectivity index (χ1) is 8.96. The van der Waals surface area contributed by atoms with Crippen LogP contribution in [0.3, 0.4) is 0 Å². The lowest BCUT2D eigenvalue weighted by Gasteiger charge is -2.28. The smallest absolute Gasteiger partial charge is 0.172 e. The summed E-state index contributed by atoms with van der Waals surface area (Å²) in [7, 11) is 0. The van der Waals surface area contributed by atoms with Crippen molar-refractivity contribution >= 4 is 46.2 Å². The van der Waals surface area contributed by atoms with E-state index in [1.807, 2.05) is 13.8 Å². The van der Waals surface area contributed by atoms with Crippen molar-refractivity contribution in [3.05, 3.63) is 28.2 Å². The number of hydrogen-bond donors (Lipinski definition) is 2. The number of anilines is 1. The van der Waals surface area contributed by atoms with E-state index < -0.39 is 5.54 Å². The van der Waals surface area contributed by atoms with Gasteiger partial charge in [-0.1, -0.05) is 43.0 Å². The average molecular weight is 315 g/mol. The molecule has 1 rings (SSSR count). The van der Waals surface area contributed by atoms with E-state index in [1.54, 1.807) is 18.2 Å². The van der Waals surface area contributed by atoms with Crippen molar-refractivity contribution < 1.29 is 0 Å². The molecule has 0 heterocycles. The Labute approximate surface area is 129 Å². The summed E-state index contributed by atoms with van der Waals surface area (Å²) >= 11 is 17.3. The molecule has 0 saturated carbocycles. The van der Waals surface area contributed by atoms with Gasteiger partial charge >= 0.3 is 0 Å². The summed E-state index contributed by atoms with van der Waals surface area (Å²) in [6.45, 7) is 4.04. The molecule has 2 nitrogen and oxygen atoms in total. The normalized spacial score (nSPS) is 10.7. The first-order valence-corrected chi connectivity index (χ1v) is 7.14. The van der Waals surface area contributed by atoms with Crippen molar-refractivity contribution in [1.82, 2.24) is 5.32 Å². The van der Waals surface area contributed by atoms with E-state index in [2.05, 4.69) is 16.6 Å². The zero-order valence-electron chi connectivity index (χ0n) is 10.9. The summed E-state index contributed by atoms with van der Waals surface area (Å²) in [6.07, 6.45) is 7.14. The van der Waals surface area contributed by atoms with Crippen molar-refractivity contribution in [3.8, 4) is 12.3 Å². The van der Waals surface area contributed by atoms with E-state index in [1.165, 1.54) is 0 Å². The molecule has 2 N–H and O–H groups in total. The van der Waals surface area contributed by atoms with Gasteiger partial charge in [-0.15, -0.1) is 6.42 Å². The fourth-order valence-electron chi connectivity index (χ4n) is 1.63. The Morgan fingerprint density at radius 2 is 2.00 bits per heavy atom. The van der Waals surface area contributed by atoms with Gasteiger partial charge < -0.3 is 10.6 Å². The van der Waals surface area contributed by atoms with Crippen LogP contribution in [0.25, 0.3) is 0 Å². The van der Waals surface area contributed by atoms with Gasteiger partial charge in [0.2, 0.25) is 0 Å². The SMILES string of the molecule is C#CC(CC)(CC)NC(=S)Nc1cc(Cl)ccc1Cl. The number of nitrogens with one attached hydrogen (secondary N) is 2. The van der Waals surface area contributed by atoms with E-state index >= 15 is 0 Å². The molecule has 1 aromatic rings. The predicted octanol–water partition coefficient (Wildman–Crippen LogP) is 4.47. The van der Waals surface area contributed by atoms with E-state index in [4.69, 9.17) is 41.8 Å². The van der Waals surface area contributed by atoms with Crippen LogP contribution in [0.2, 0.25) is 10.0 Å². The van der Waals surface area contributed by atoms with Crippen molar-refractivity contribution in [2.45, 2.75) is 32.2 Å². The van der Waals surface area contributed by atoms with Crippen LogP contribution in [0.5, 0.6) is 0 Å². The second-order valence-electron chi connectivity index (χ2n) is 4.14. The van der Waals surface area contributed by atoms with E-state index in [9.17, 15) is 0 Å². The van der Waals surface area contributed by atoms with Crippen LogP contribution in [-0.2, 0) is 0 Å². The fraction of sp³-hybridized carbons (Fsp3) is 0.357. The third-order valence-corrected chi connectivity index (χ3v) is 3.78. The highest BCUT2D eigenvalue weighted by Gasteiger charge is 2.23. The first-order valence-electron chi connectivity index (χ1n) is 5.98. The molecule has 1 aromatic carbocycles. The molecule has 102 valence electrons. The topological polar surface area (TPSA) is 24.1 Å². The van der Waals surface area contributed by atoms with Crippen LogP contribution in [0, 0.1) is 12.3 Å². The van der Waals surface area contributed by atoms with Gasteiger partial charge in [0.1, 0.15) is 0 Å². The zero-order chi connectivity index (χ0) is 14.5. The summed E-state index contributed by atoms with van der Waals surface area (Å²) in [5.74, 6) is 2.76. The third-order valence-electron chi connectivity index (χ3n) is 3.01. The minimum Gasteiger partial charge on any atom is -0.346 e. The summed E-state index contributed by atoms with van der Waals surface area (Å²) in [6, 6.07) is 5.14. The molecule has 0 radical (unpaired) electrons. The van der Waals surface area contributed by atoms with Crippen LogP contribution in [-0.4, -0.2) is 10.7 Å². The highest BCUT2D eigenvalue weighted by Crippen LogP contribution is 2.25. The molecule has 0 aliphatic rings. The molecule has 0 unspecified atom stereocenters. The van der Waals surface area contributed by atoms with Crippen LogP contribution in [0.15, 0.2) is 18.2 Å². The molecule has 5 heteroatoms.